The standard InChI is InChI=1S/C12H16FN/c13-12-3-1-2-9(7-12)6-10-4-5-11(10)8-14/h1-3,7,10-11H,4-6,8,14H2. The van der Waals surface area contributed by atoms with Gasteiger partial charge in [0.15, 0.2) is 0 Å². The molecular formula is C12H16FN. The molecule has 0 spiro atoms. The largest absolute Gasteiger partial charge is 0.330 e. The SMILES string of the molecule is NCC1CCC1Cc1cccc(F)c1. The first kappa shape index (κ1) is 9.66. The van der Waals surface area contributed by atoms with Crippen molar-refractivity contribution in [1.29, 1.82) is 0 Å². The molecule has 2 N–H and O–H groups in total. The lowest BCUT2D eigenvalue weighted by atomic mass is 9.71. The second kappa shape index (κ2) is 4.09. The first-order valence-corrected chi connectivity index (χ1v) is 5.24. The Balaban J connectivity index is 1.97. The normalized spacial score (nSPS) is 25.9. The van der Waals surface area contributed by atoms with E-state index in [0.717, 1.165) is 18.5 Å². The first-order chi connectivity index (χ1) is 6.79. The van der Waals surface area contributed by atoms with Crippen LogP contribution in [0.25, 0.3) is 0 Å². The fourth-order valence-electron chi connectivity index (χ4n) is 2.18. The summed E-state index contributed by atoms with van der Waals surface area (Å²) in [7, 11) is 0. The van der Waals surface area contributed by atoms with Gasteiger partial charge in [-0.05, 0) is 55.3 Å². The molecule has 2 atom stereocenters. The molecule has 1 aromatic carbocycles. The zero-order valence-corrected chi connectivity index (χ0v) is 8.25. The van der Waals surface area contributed by atoms with Crippen LogP contribution < -0.4 is 5.73 Å². The Hall–Kier alpha value is -0.890. The number of rotatable bonds is 3. The zero-order chi connectivity index (χ0) is 9.97. The van der Waals surface area contributed by atoms with Gasteiger partial charge in [-0.15, -0.1) is 0 Å². The maximum atomic E-state index is 12.9. The Morgan fingerprint density at radius 2 is 2.07 bits per heavy atom. The topological polar surface area (TPSA) is 26.0 Å². The van der Waals surface area contributed by atoms with E-state index in [-0.39, 0.29) is 5.82 Å². The molecule has 0 aliphatic heterocycles. The van der Waals surface area contributed by atoms with Crippen LogP contribution in [0.3, 0.4) is 0 Å². The van der Waals surface area contributed by atoms with Crippen LogP contribution in [0.1, 0.15) is 18.4 Å². The lowest BCUT2D eigenvalue weighted by Crippen LogP contribution is -2.33. The Kier molecular flexibility index (Phi) is 2.82. The second-order valence-electron chi connectivity index (χ2n) is 4.17. The maximum absolute atomic E-state index is 12.9. The average molecular weight is 193 g/mol. The van der Waals surface area contributed by atoms with Crippen LogP contribution in [-0.4, -0.2) is 6.54 Å². The summed E-state index contributed by atoms with van der Waals surface area (Å²) in [6.45, 7) is 0.778. The van der Waals surface area contributed by atoms with Gasteiger partial charge in [0.05, 0.1) is 0 Å². The van der Waals surface area contributed by atoms with Gasteiger partial charge in [-0.25, -0.2) is 4.39 Å². The number of nitrogens with two attached hydrogens (primary N) is 1. The molecule has 0 heterocycles. The van der Waals surface area contributed by atoms with Gasteiger partial charge < -0.3 is 5.73 Å². The highest BCUT2D eigenvalue weighted by Crippen LogP contribution is 2.35. The summed E-state index contributed by atoms with van der Waals surface area (Å²) in [5.41, 5.74) is 6.74. The van der Waals surface area contributed by atoms with E-state index in [1.165, 1.54) is 18.9 Å². The van der Waals surface area contributed by atoms with E-state index in [1.54, 1.807) is 12.1 Å². The van der Waals surface area contributed by atoms with E-state index in [1.807, 2.05) is 6.07 Å². The number of hydrogen-bond acceptors (Lipinski definition) is 1. The third-order valence-electron chi connectivity index (χ3n) is 3.26. The van der Waals surface area contributed by atoms with E-state index >= 15 is 0 Å². The molecule has 1 fully saturated rings. The summed E-state index contributed by atoms with van der Waals surface area (Å²) >= 11 is 0. The van der Waals surface area contributed by atoms with Gasteiger partial charge in [0.2, 0.25) is 0 Å². The Labute approximate surface area is 84.1 Å². The van der Waals surface area contributed by atoms with Crippen LogP contribution in [0, 0.1) is 17.7 Å². The number of hydrogen-bond donors (Lipinski definition) is 1. The highest BCUT2D eigenvalue weighted by atomic mass is 19.1. The summed E-state index contributed by atoms with van der Waals surface area (Å²) in [5.74, 6) is 1.21. The molecule has 2 unspecified atom stereocenters. The van der Waals surface area contributed by atoms with E-state index in [0.29, 0.717) is 11.8 Å². The summed E-state index contributed by atoms with van der Waals surface area (Å²) in [6.07, 6.45) is 3.48. The molecule has 1 saturated carbocycles. The van der Waals surface area contributed by atoms with Crippen molar-refractivity contribution in [2.24, 2.45) is 17.6 Å². The van der Waals surface area contributed by atoms with E-state index in [4.69, 9.17) is 5.73 Å². The molecule has 0 saturated heterocycles. The molecule has 1 aromatic rings. The lowest BCUT2D eigenvalue weighted by Gasteiger charge is -2.36. The summed E-state index contributed by atoms with van der Waals surface area (Å²) < 4.78 is 12.9. The van der Waals surface area contributed by atoms with Gasteiger partial charge in [-0.1, -0.05) is 12.1 Å². The van der Waals surface area contributed by atoms with Crippen molar-refractivity contribution in [3.8, 4) is 0 Å². The predicted octanol–water partition coefficient (Wildman–Crippen LogP) is 2.35. The lowest BCUT2D eigenvalue weighted by molar-refractivity contribution is 0.183. The highest BCUT2D eigenvalue weighted by Gasteiger charge is 2.29. The maximum Gasteiger partial charge on any atom is 0.123 e. The van der Waals surface area contributed by atoms with Crippen LogP contribution >= 0.6 is 0 Å². The summed E-state index contributed by atoms with van der Waals surface area (Å²) in [4.78, 5) is 0. The van der Waals surface area contributed by atoms with Crippen LogP contribution in [0.5, 0.6) is 0 Å². The molecule has 14 heavy (non-hydrogen) atoms. The molecule has 0 radical (unpaired) electrons. The smallest absolute Gasteiger partial charge is 0.123 e. The van der Waals surface area contributed by atoms with Crippen LogP contribution in [0.15, 0.2) is 24.3 Å². The van der Waals surface area contributed by atoms with E-state index in [2.05, 4.69) is 0 Å². The number of halogens is 1. The third kappa shape index (κ3) is 1.95. The molecule has 1 nitrogen and oxygen atoms in total. The summed E-state index contributed by atoms with van der Waals surface area (Å²) in [6, 6.07) is 6.90. The van der Waals surface area contributed by atoms with Crippen molar-refractivity contribution >= 4 is 0 Å². The van der Waals surface area contributed by atoms with Gasteiger partial charge in [0.1, 0.15) is 5.82 Å². The van der Waals surface area contributed by atoms with Gasteiger partial charge in [-0.3, -0.25) is 0 Å². The van der Waals surface area contributed by atoms with Crippen molar-refractivity contribution in [1.82, 2.24) is 0 Å². The molecule has 0 amide bonds. The molecule has 0 bridgehead atoms. The molecule has 2 rings (SSSR count). The second-order valence-corrected chi connectivity index (χ2v) is 4.17. The molecule has 1 aliphatic rings. The van der Waals surface area contributed by atoms with Crippen molar-refractivity contribution in [2.75, 3.05) is 6.54 Å². The zero-order valence-electron chi connectivity index (χ0n) is 8.25. The van der Waals surface area contributed by atoms with Gasteiger partial charge in [0, 0.05) is 0 Å². The summed E-state index contributed by atoms with van der Waals surface area (Å²) in [5, 5.41) is 0. The monoisotopic (exact) mass is 193 g/mol. The third-order valence-corrected chi connectivity index (χ3v) is 3.26. The first-order valence-electron chi connectivity index (χ1n) is 5.24. The Morgan fingerprint density at radius 3 is 2.64 bits per heavy atom. The van der Waals surface area contributed by atoms with Crippen LogP contribution in [-0.2, 0) is 6.42 Å². The molecule has 76 valence electrons. The Morgan fingerprint density at radius 1 is 1.29 bits per heavy atom. The highest BCUT2D eigenvalue weighted by molar-refractivity contribution is 5.17. The van der Waals surface area contributed by atoms with Crippen molar-refractivity contribution < 1.29 is 4.39 Å². The molecule has 1 aliphatic carbocycles. The minimum atomic E-state index is -0.133. The van der Waals surface area contributed by atoms with Crippen molar-refractivity contribution in [2.45, 2.75) is 19.3 Å². The van der Waals surface area contributed by atoms with Crippen molar-refractivity contribution in [3.63, 3.8) is 0 Å². The van der Waals surface area contributed by atoms with Crippen molar-refractivity contribution in [3.05, 3.63) is 35.6 Å². The quantitative estimate of drug-likeness (QED) is 0.783. The minimum Gasteiger partial charge on any atom is -0.330 e. The average Bonchev–Trinajstić information content (AvgIpc) is 2.14. The van der Waals surface area contributed by atoms with Gasteiger partial charge >= 0.3 is 0 Å². The van der Waals surface area contributed by atoms with Crippen LogP contribution in [0.4, 0.5) is 4.39 Å². The molecule has 0 aromatic heterocycles. The van der Waals surface area contributed by atoms with E-state index in [9.17, 15) is 4.39 Å². The minimum absolute atomic E-state index is 0.133. The fourth-order valence-corrected chi connectivity index (χ4v) is 2.18. The molecular weight excluding hydrogens is 177 g/mol. The Bertz CT molecular complexity index is 309. The van der Waals surface area contributed by atoms with E-state index < -0.39 is 0 Å². The van der Waals surface area contributed by atoms with Crippen LogP contribution in [0.2, 0.25) is 0 Å². The predicted molar refractivity (Wildman–Crippen MR) is 55.4 cm³/mol. The van der Waals surface area contributed by atoms with Gasteiger partial charge in [0.25, 0.3) is 0 Å². The fraction of sp³-hybridized carbons (Fsp3) is 0.500. The number of benzene rings is 1. The molecule has 2 heteroatoms. The van der Waals surface area contributed by atoms with Gasteiger partial charge in [-0.2, -0.15) is 0 Å².